The summed E-state index contributed by atoms with van der Waals surface area (Å²) in [6, 6.07) is 4.93. The molecule has 1 unspecified atom stereocenters. The lowest BCUT2D eigenvalue weighted by molar-refractivity contribution is 0.238. The Bertz CT molecular complexity index is 341. The summed E-state index contributed by atoms with van der Waals surface area (Å²) in [5, 5.41) is 9.72. The number of ether oxygens (including phenoxy) is 1. The summed E-state index contributed by atoms with van der Waals surface area (Å²) in [4.78, 5) is 0. The van der Waals surface area contributed by atoms with Crippen molar-refractivity contribution in [3.8, 4) is 18.1 Å². The average Bonchev–Trinajstić information content (AvgIpc) is 2.16. The molecule has 0 saturated carbocycles. The first-order valence-electron chi connectivity index (χ1n) is 3.66. The van der Waals surface area contributed by atoms with Gasteiger partial charge in [0.05, 0.1) is 12.1 Å². The normalized spacial score (nSPS) is 11.8. The number of methoxy groups -OCH3 is 1. The summed E-state index contributed by atoms with van der Waals surface area (Å²) >= 11 is 5.83. The standard InChI is InChI=1S/C10H9ClO2/c1-3-9(12)7-4-5-10(13-2)8(11)6-7/h1,4-6,9,12H,2H3. The highest BCUT2D eigenvalue weighted by Gasteiger charge is 2.06. The van der Waals surface area contributed by atoms with E-state index in [0.717, 1.165) is 0 Å². The Balaban J connectivity index is 3.04. The number of terminal acetylenes is 1. The van der Waals surface area contributed by atoms with E-state index in [1.165, 1.54) is 7.11 Å². The summed E-state index contributed by atoms with van der Waals surface area (Å²) in [5.41, 5.74) is 0.591. The first-order valence-corrected chi connectivity index (χ1v) is 4.04. The van der Waals surface area contributed by atoms with Crippen molar-refractivity contribution in [2.24, 2.45) is 0 Å². The van der Waals surface area contributed by atoms with Crippen molar-refractivity contribution in [3.05, 3.63) is 28.8 Å². The molecule has 0 spiro atoms. The second kappa shape index (κ2) is 4.18. The molecular weight excluding hydrogens is 188 g/mol. The lowest BCUT2D eigenvalue weighted by atomic mass is 10.1. The number of aliphatic hydroxyl groups is 1. The molecule has 0 amide bonds. The van der Waals surface area contributed by atoms with Gasteiger partial charge in [-0.15, -0.1) is 6.42 Å². The van der Waals surface area contributed by atoms with Gasteiger partial charge >= 0.3 is 0 Å². The maximum Gasteiger partial charge on any atom is 0.140 e. The van der Waals surface area contributed by atoms with Crippen molar-refractivity contribution in [1.29, 1.82) is 0 Å². The van der Waals surface area contributed by atoms with Gasteiger partial charge in [0.2, 0.25) is 0 Å². The summed E-state index contributed by atoms with van der Waals surface area (Å²) < 4.78 is 4.95. The molecule has 0 heterocycles. The molecule has 2 nitrogen and oxygen atoms in total. The van der Waals surface area contributed by atoms with Gasteiger partial charge in [-0.05, 0) is 17.7 Å². The monoisotopic (exact) mass is 196 g/mol. The van der Waals surface area contributed by atoms with Crippen LogP contribution in [0.25, 0.3) is 0 Å². The lowest BCUT2D eigenvalue weighted by Gasteiger charge is -2.07. The van der Waals surface area contributed by atoms with E-state index < -0.39 is 6.10 Å². The zero-order valence-corrected chi connectivity index (χ0v) is 7.88. The molecule has 0 fully saturated rings. The van der Waals surface area contributed by atoms with Crippen molar-refractivity contribution in [2.75, 3.05) is 7.11 Å². The van der Waals surface area contributed by atoms with Crippen molar-refractivity contribution in [3.63, 3.8) is 0 Å². The van der Waals surface area contributed by atoms with Crippen LogP contribution in [0.1, 0.15) is 11.7 Å². The first-order chi connectivity index (χ1) is 6.19. The molecule has 0 bridgehead atoms. The molecule has 0 aromatic heterocycles. The Kier molecular flexibility index (Phi) is 3.18. The van der Waals surface area contributed by atoms with Gasteiger partial charge in [-0.2, -0.15) is 0 Å². The van der Waals surface area contributed by atoms with Crippen LogP contribution >= 0.6 is 11.6 Å². The molecule has 0 aliphatic rings. The highest BCUT2D eigenvalue weighted by Crippen LogP contribution is 2.27. The van der Waals surface area contributed by atoms with E-state index in [1.54, 1.807) is 18.2 Å². The van der Waals surface area contributed by atoms with Crippen LogP contribution in [0.4, 0.5) is 0 Å². The van der Waals surface area contributed by atoms with Gasteiger partial charge in [0.25, 0.3) is 0 Å². The Labute approximate surface area is 82.1 Å². The van der Waals surface area contributed by atoms with E-state index in [9.17, 15) is 5.11 Å². The molecule has 1 aromatic rings. The smallest absolute Gasteiger partial charge is 0.140 e. The summed E-state index contributed by atoms with van der Waals surface area (Å²) in [7, 11) is 1.53. The molecule has 68 valence electrons. The van der Waals surface area contributed by atoms with Gasteiger partial charge in [0.1, 0.15) is 11.9 Å². The average molecular weight is 197 g/mol. The fourth-order valence-electron chi connectivity index (χ4n) is 0.949. The van der Waals surface area contributed by atoms with E-state index in [-0.39, 0.29) is 0 Å². The number of rotatable bonds is 2. The van der Waals surface area contributed by atoms with Crippen LogP contribution in [0.2, 0.25) is 5.02 Å². The maximum absolute atomic E-state index is 9.28. The van der Waals surface area contributed by atoms with E-state index in [0.29, 0.717) is 16.3 Å². The SMILES string of the molecule is C#CC(O)c1ccc(OC)c(Cl)c1. The van der Waals surface area contributed by atoms with Crippen LogP contribution in [-0.2, 0) is 0 Å². The van der Waals surface area contributed by atoms with Gasteiger partial charge in [-0.25, -0.2) is 0 Å². The van der Waals surface area contributed by atoms with Crippen LogP contribution in [-0.4, -0.2) is 12.2 Å². The molecule has 13 heavy (non-hydrogen) atoms. The minimum Gasteiger partial charge on any atom is -0.495 e. The molecule has 1 N–H and O–H groups in total. The quantitative estimate of drug-likeness (QED) is 0.734. The van der Waals surface area contributed by atoms with E-state index in [2.05, 4.69) is 5.92 Å². The summed E-state index contributed by atoms with van der Waals surface area (Å²) in [5.74, 6) is 2.77. The van der Waals surface area contributed by atoms with Gasteiger partial charge in [0.15, 0.2) is 0 Å². The first kappa shape index (κ1) is 9.91. The van der Waals surface area contributed by atoms with Crippen molar-refractivity contribution in [1.82, 2.24) is 0 Å². The van der Waals surface area contributed by atoms with Crippen LogP contribution < -0.4 is 4.74 Å². The highest BCUT2D eigenvalue weighted by molar-refractivity contribution is 6.32. The van der Waals surface area contributed by atoms with Crippen LogP contribution in [0.15, 0.2) is 18.2 Å². The van der Waals surface area contributed by atoms with E-state index in [1.807, 2.05) is 0 Å². The molecule has 1 aromatic carbocycles. The van der Waals surface area contributed by atoms with Crippen molar-refractivity contribution in [2.45, 2.75) is 6.10 Å². The second-order valence-corrected chi connectivity index (χ2v) is 2.87. The Morgan fingerprint density at radius 1 is 1.62 bits per heavy atom. The number of hydrogen-bond donors (Lipinski definition) is 1. The zero-order valence-electron chi connectivity index (χ0n) is 7.12. The van der Waals surface area contributed by atoms with Gasteiger partial charge < -0.3 is 9.84 Å². The fourth-order valence-corrected chi connectivity index (χ4v) is 1.22. The van der Waals surface area contributed by atoms with Crippen LogP contribution in [0, 0.1) is 12.3 Å². The van der Waals surface area contributed by atoms with Gasteiger partial charge in [0, 0.05) is 0 Å². The number of hydrogen-bond acceptors (Lipinski definition) is 2. The van der Waals surface area contributed by atoms with Gasteiger partial charge in [-0.3, -0.25) is 0 Å². The van der Waals surface area contributed by atoms with Crippen molar-refractivity contribution >= 4 is 11.6 Å². The third kappa shape index (κ3) is 2.15. The fraction of sp³-hybridized carbons (Fsp3) is 0.200. The Morgan fingerprint density at radius 3 is 2.77 bits per heavy atom. The second-order valence-electron chi connectivity index (χ2n) is 2.46. The van der Waals surface area contributed by atoms with E-state index in [4.69, 9.17) is 22.8 Å². The maximum atomic E-state index is 9.28. The molecule has 1 rings (SSSR count). The third-order valence-electron chi connectivity index (χ3n) is 1.65. The third-order valence-corrected chi connectivity index (χ3v) is 1.94. The lowest BCUT2D eigenvalue weighted by Crippen LogP contribution is -1.93. The van der Waals surface area contributed by atoms with Crippen LogP contribution in [0.3, 0.4) is 0 Å². The van der Waals surface area contributed by atoms with E-state index >= 15 is 0 Å². The number of aliphatic hydroxyl groups excluding tert-OH is 1. The molecule has 3 heteroatoms. The molecule has 0 radical (unpaired) electrons. The molecule has 0 saturated heterocycles. The van der Waals surface area contributed by atoms with Crippen molar-refractivity contribution < 1.29 is 9.84 Å². The van der Waals surface area contributed by atoms with Crippen LogP contribution in [0.5, 0.6) is 5.75 Å². The minimum absolute atomic E-state index is 0.439. The topological polar surface area (TPSA) is 29.5 Å². The predicted molar refractivity (Wildman–Crippen MR) is 51.8 cm³/mol. The number of halogens is 1. The molecule has 0 aliphatic heterocycles. The Morgan fingerprint density at radius 2 is 2.31 bits per heavy atom. The molecule has 1 atom stereocenters. The molecule has 0 aliphatic carbocycles. The highest BCUT2D eigenvalue weighted by atomic mass is 35.5. The number of benzene rings is 1. The minimum atomic E-state index is -0.914. The predicted octanol–water partition coefficient (Wildman–Crippen LogP) is 2.02. The Hall–Kier alpha value is -1.17. The summed E-state index contributed by atoms with van der Waals surface area (Å²) in [6.45, 7) is 0. The largest absolute Gasteiger partial charge is 0.495 e. The summed E-state index contributed by atoms with van der Waals surface area (Å²) in [6.07, 6.45) is 4.14. The zero-order chi connectivity index (χ0) is 9.84. The van der Waals surface area contributed by atoms with Gasteiger partial charge in [-0.1, -0.05) is 23.6 Å². The molecular formula is C10H9ClO2.